The van der Waals surface area contributed by atoms with E-state index in [1.807, 2.05) is 12.1 Å². The first-order valence-corrected chi connectivity index (χ1v) is 9.19. The summed E-state index contributed by atoms with van der Waals surface area (Å²) < 4.78 is 4.14. The highest BCUT2D eigenvalue weighted by Gasteiger charge is 2.20. The van der Waals surface area contributed by atoms with Crippen LogP contribution in [-0.4, -0.2) is 30.2 Å². The average Bonchev–Trinajstić information content (AvgIpc) is 2.96. The summed E-state index contributed by atoms with van der Waals surface area (Å²) in [5, 5.41) is 1.14. The normalized spacial score (nSPS) is 11.2. The molecule has 0 aliphatic rings. The van der Waals surface area contributed by atoms with E-state index in [0.717, 1.165) is 10.1 Å². The van der Waals surface area contributed by atoms with Gasteiger partial charge in [-0.2, -0.15) is 0 Å². The van der Waals surface area contributed by atoms with Gasteiger partial charge < -0.3 is 4.57 Å². The van der Waals surface area contributed by atoms with Crippen LogP contribution in [0.2, 0.25) is 5.02 Å². The van der Waals surface area contributed by atoms with Crippen LogP contribution in [0.4, 0.5) is 0 Å². The average molecular weight is 393 g/mol. The van der Waals surface area contributed by atoms with E-state index in [2.05, 4.69) is 4.98 Å². The van der Waals surface area contributed by atoms with Gasteiger partial charge in [0.25, 0.3) is 5.56 Å². The van der Waals surface area contributed by atoms with E-state index in [9.17, 15) is 14.4 Å². The van der Waals surface area contributed by atoms with Crippen molar-refractivity contribution in [2.75, 3.05) is 5.75 Å². The number of hydrogen-bond acceptors (Lipinski definition) is 5. The number of halogens is 1. The number of ketones is 1. The molecule has 2 aromatic heterocycles. The molecule has 0 N–H and O–H groups in total. The van der Waals surface area contributed by atoms with E-state index >= 15 is 0 Å². The van der Waals surface area contributed by atoms with Crippen LogP contribution in [0.3, 0.4) is 0 Å². The lowest BCUT2D eigenvalue weighted by Crippen LogP contribution is -2.37. The Hall–Kier alpha value is -2.32. The summed E-state index contributed by atoms with van der Waals surface area (Å²) in [6, 6.07) is 7.26. The van der Waals surface area contributed by atoms with Crippen LogP contribution < -0.4 is 11.2 Å². The maximum atomic E-state index is 12.7. The minimum atomic E-state index is -0.443. The molecule has 3 rings (SSSR count). The number of benzene rings is 1. The molecule has 0 saturated heterocycles. The number of fused-ring (bicyclic) bond motifs is 1. The number of hydrogen-bond donors (Lipinski definition) is 0. The van der Waals surface area contributed by atoms with Gasteiger partial charge in [-0.05, 0) is 24.6 Å². The summed E-state index contributed by atoms with van der Waals surface area (Å²) in [4.78, 5) is 40.7. The van der Waals surface area contributed by atoms with Gasteiger partial charge in [0.1, 0.15) is 5.78 Å². The third kappa shape index (κ3) is 3.34. The lowest BCUT2D eigenvalue weighted by molar-refractivity contribution is -0.114. The molecule has 2 heterocycles. The maximum absolute atomic E-state index is 12.7. The minimum absolute atomic E-state index is 0.00175. The molecule has 0 aliphatic carbocycles. The molecule has 7 nitrogen and oxygen atoms in total. The van der Waals surface area contributed by atoms with Crippen molar-refractivity contribution >= 4 is 40.3 Å². The summed E-state index contributed by atoms with van der Waals surface area (Å²) in [5.74, 6) is 0.236. The summed E-state index contributed by atoms with van der Waals surface area (Å²) in [7, 11) is 3.01. The van der Waals surface area contributed by atoms with E-state index in [4.69, 9.17) is 11.6 Å². The minimum Gasteiger partial charge on any atom is -0.309 e. The maximum Gasteiger partial charge on any atom is 0.332 e. The molecule has 0 aliphatic heterocycles. The Bertz CT molecular complexity index is 1110. The summed E-state index contributed by atoms with van der Waals surface area (Å²) in [6.07, 6.45) is 0. The lowest BCUT2D eigenvalue weighted by atomic mass is 10.2. The predicted octanol–water partition coefficient (Wildman–Crippen LogP) is 1.82. The molecular formula is C17H17ClN4O3S. The van der Waals surface area contributed by atoms with E-state index in [-0.39, 0.29) is 11.5 Å². The van der Waals surface area contributed by atoms with Gasteiger partial charge in [0.2, 0.25) is 0 Å². The fourth-order valence-corrected chi connectivity index (χ4v) is 3.54. The highest BCUT2D eigenvalue weighted by Crippen LogP contribution is 2.23. The number of Topliss-reactive ketones (excluding diaryl/α,β-unsaturated/α-hetero) is 1. The third-order valence-corrected chi connectivity index (χ3v) is 5.34. The third-order valence-electron chi connectivity index (χ3n) is 3.97. The van der Waals surface area contributed by atoms with Gasteiger partial charge in [-0.3, -0.25) is 18.7 Å². The van der Waals surface area contributed by atoms with Crippen LogP contribution in [0, 0.1) is 0 Å². The SMILES string of the molecule is CC(=O)CSc1nc2c(c(=O)n(C)c(=O)n2C)n1Cc1ccc(Cl)cc1. The van der Waals surface area contributed by atoms with Crippen molar-refractivity contribution in [2.24, 2.45) is 14.1 Å². The fourth-order valence-electron chi connectivity index (χ4n) is 2.62. The Morgan fingerprint density at radius 1 is 1.15 bits per heavy atom. The monoisotopic (exact) mass is 392 g/mol. The number of imidazole rings is 1. The number of rotatable bonds is 5. The van der Waals surface area contributed by atoms with Gasteiger partial charge in [0.05, 0.1) is 12.3 Å². The topological polar surface area (TPSA) is 78.9 Å². The first-order chi connectivity index (χ1) is 12.3. The van der Waals surface area contributed by atoms with Gasteiger partial charge in [-0.15, -0.1) is 0 Å². The molecular weight excluding hydrogens is 376 g/mol. The molecule has 0 atom stereocenters. The molecule has 0 fully saturated rings. The van der Waals surface area contributed by atoms with Crippen molar-refractivity contribution in [3.8, 4) is 0 Å². The molecule has 0 saturated carbocycles. The zero-order valence-corrected chi connectivity index (χ0v) is 16.1. The van der Waals surface area contributed by atoms with Crippen molar-refractivity contribution in [3.05, 3.63) is 55.7 Å². The number of aromatic nitrogens is 4. The number of nitrogens with zero attached hydrogens (tertiary/aromatic N) is 4. The Morgan fingerprint density at radius 3 is 2.42 bits per heavy atom. The van der Waals surface area contributed by atoms with Crippen molar-refractivity contribution < 1.29 is 4.79 Å². The molecule has 0 spiro atoms. The number of carbonyl (C=O) groups excluding carboxylic acids is 1. The highest BCUT2D eigenvalue weighted by atomic mass is 35.5. The Morgan fingerprint density at radius 2 is 1.81 bits per heavy atom. The molecule has 1 aromatic carbocycles. The van der Waals surface area contributed by atoms with Crippen LogP contribution in [0.15, 0.2) is 39.0 Å². The second-order valence-corrected chi connectivity index (χ2v) is 7.35. The largest absolute Gasteiger partial charge is 0.332 e. The number of carbonyl (C=O) groups is 1. The highest BCUT2D eigenvalue weighted by molar-refractivity contribution is 7.99. The van der Waals surface area contributed by atoms with Gasteiger partial charge in [-0.25, -0.2) is 9.78 Å². The van der Waals surface area contributed by atoms with E-state index in [1.54, 1.807) is 23.7 Å². The molecule has 0 amide bonds. The molecule has 0 unspecified atom stereocenters. The molecule has 9 heteroatoms. The van der Waals surface area contributed by atoms with Crippen LogP contribution >= 0.6 is 23.4 Å². The summed E-state index contributed by atoms with van der Waals surface area (Å²) >= 11 is 7.18. The van der Waals surface area contributed by atoms with Crippen LogP contribution in [-0.2, 0) is 25.4 Å². The molecule has 0 bridgehead atoms. The molecule has 136 valence electrons. The smallest absolute Gasteiger partial charge is 0.309 e. The Kier molecular flexibility index (Phi) is 5.06. The van der Waals surface area contributed by atoms with E-state index < -0.39 is 11.2 Å². The summed E-state index contributed by atoms with van der Waals surface area (Å²) in [6.45, 7) is 1.87. The lowest BCUT2D eigenvalue weighted by Gasteiger charge is -2.09. The fraction of sp³-hybridized carbons (Fsp3) is 0.294. The first kappa shape index (κ1) is 18.5. The van der Waals surface area contributed by atoms with Crippen LogP contribution in [0.25, 0.3) is 11.2 Å². The first-order valence-electron chi connectivity index (χ1n) is 7.82. The van der Waals surface area contributed by atoms with Crippen molar-refractivity contribution in [1.82, 2.24) is 18.7 Å². The quantitative estimate of drug-likeness (QED) is 0.619. The zero-order chi connectivity index (χ0) is 19.0. The predicted molar refractivity (Wildman–Crippen MR) is 102 cm³/mol. The Balaban J connectivity index is 2.23. The van der Waals surface area contributed by atoms with Crippen molar-refractivity contribution in [3.63, 3.8) is 0 Å². The zero-order valence-electron chi connectivity index (χ0n) is 14.5. The van der Waals surface area contributed by atoms with Crippen LogP contribution in [0.5, 0.6) is 0 Å². The number of aryl methyl sites for hydroxylation is 1. The van der Waals surface area contributed by atoms with Gasteiger partial charge in [0, 0.05) is 19.1 Å². The van der Waals surface area contributed by atoms with Gasteiger partial charge in [0.15, 0.2) is 16.3 Å². The van der Waals surface area contributed by atoms with Crippen LogP contribution in [0.1, 0.15) is 12.5 Å². The molecule has 3 aromatic rings. The second kappa shape index (κ2) is 7.13. The van der Waals surface area contributed by atoms with Crippen molar-refractivity contribution in [1.29, 1.82) is 0 Å². The van der Waals surface area contributed by atoms with Crippen molar-refractivity contribution in [2.45, 2.75) is 18.6 Å². The number of thioether (sulfide) groups is 1. The standard InChI is InChI=1S/C17H17ClN4O3S/c1-10(23)9-26-16-19-14-13(15(24)21(3)17(25)20(14)2)22(16)8-11-4-6-12(18)7-5-11/h4-7H,8-9H2,1-3H3. The molecule has 26 heavy (non-hydrogen) atoms. The van der Waals surface area contributed by atoms with Gasteiger partial charge in [-0.1, -0.05) is 35.5 Å². The summed E-state index contributed by atoms with van der Waals surface area (Å²) in [5.41, 5.74) is 0.698. The second-order valence-electron chi connectivity index (χ2n) is 5.98. The molecule has 0 radical (unpaired) electrons. The Labute approximate surface area is 158 Å². The van der Waals surface area contributed by atoms with E-state index in [1.165, 1.54) is 30.3 Å². The van der Waals surface area contributed by atoms with E-state index in [0.29, 0.717) is 27.9 Å². The van der Waals surface area contributed by atoms with Gasteiger partial charge >= 0.3 is 5.69 Å².